The van der Waals surface area contributed by atoms with Crippen molar-refractivity contribution in [3.63, 3.8) is 0 Å². The lowest BCUT2D eigenvalue weighted by Crippen LogP contribution is -2.04. The van der Waals surface area contributed by atoms with E-state index in [-0.39, 0.29) is 11.3 Å². The first kappa shape index (κ1) is 16.1. The van der Waals surface area contributed by atoms with Crippen LogP contribution in [0.5, 0.6) is 17.2 Å². The molecule has 0 atom stereocenters. The molecule has 0 fully saturated rings. The van der Waals surface area contributed by atoms with E-state index in [0.717, 1.165) is 12.1 Å². The van der Waals surface area contributed by atoms with Crippen LogP contribution in [-0.4, -0.2) is 20.0 Å². The fourth-order valence-corrected chi connectivity index (χ4v) is 2.63. The molecule has 0 bridgehead atoms. The van der Waals surface area contributed by atoms with Gasteiger partial charge in [0, 0.05) is 17.7 Å². The van der Waals surface area contributed by atoms with E-state index in [0.29, 0.717) is 5.56 Å². The Kier molecular flexibility index (Phi) is 3.81. The van der Waals surface area contributed by atoms with E-state index in [2.05, 4.69) is 4.52 Å². The molecule has 1 aromatic heterocycles. The summed E-state index contributed by atoms with van der Waals surface area (Å²) >= 11 is 0. The van der Waals surface area contributed by atoms with Crippen LogP contribution in [-0.2, 0) is 4.57 Å². The van der Waals surface area contributed by atoms with Gasteiger partial charge in [0.1, 0.15) is 16.7 Å². The molecule has 0 unspecified atom stereocenters. The largest absolute Gasteiger partial charge is 0.524 e. The summed E-state index contributed by atoms with van der Waals surface area (Å²) in [5, 5.41) is 19.1. The van der Waals surface area contributed by atoms with E-state index in [1.165, 1.54) is 0 Å². The van der Waals surface area contributed by atoms with Crippen LogP contribution in [0.2, 0.25) is 0 Å². The lowest BCUT2D eigenvalue weighted by molar-refractivity contribution is 0.277. The van der Waals surface area contributed by atoms with Crippen molar-refractivity contribution >= 4 is 18.8 Å². The zero-order chi connectivity index (χ0) is 17.5. The number of aromatic hydroxyl groups is 2. The van der Waals surface area contributed by atoms with Crippen LogP contribution in [0.4, 0.5) is 0 Å². The standard InChI is InChI=1S/C15H11O8P/c16-9-6-11(8-4-2-1-3-5-8)22-12-7-10(17)14(18)15(13(9)12)23-24(19,20)21/h1-7,17-18H,(H2,19,20,21). The van der Waals surface area contributed by atoms with E-state index in [1.54, 1.807) is 30.3 Å². The summed E-state index contributed by atoms with van der Waals surface area (Å²) in [5.41, 5.74) is -0.310. The predicted octanol–water partition coefficient (Wildman–Crippen LogP) is 2.34. The predicted molar refractivity (Wildman–Crippen MR) is 83.9 cm³/mol. The third-order valence-electron chi connectivity index (χ3n) is 3.20. The smallest absolute Gasteiger partial charge is 0.504 e. The Morgan fingerprint density at radius 3 is 2.33 bits per heavy atom. The number of hydrogen-bond acceptors (Lipinski definition) is 6. The molecule has 3 rings (SSSR count). The number of fused-ring (bicyclic) bond motifs is 1. The maximum Gasteiger partial charge on any atom is 0.524 e. The lowest BCUT2D eigenvalue weighted by Gasteiger charge is -2.12. The molecule has 0 aliphatic carbocycles. The molecule has 0 saturated carbocycles. The summed E-state index contributed by atoms with van der Waals surface area (Å²) in [4.78, 5) is 30.2. The number of phenolic OH excluding ortho intramolecular Hbond substituents is 2. The molecule has 0 aliphatic rings. The molecular weight excluding hydrogens is 339 g/mol. The molecule has 4 N–H and O–H groups in total. The quantitative estimate of drug-likeness (QED) is 0.417. The Hall–Kier alpha value is -2.80. The zero-order valence-corrected chi connectivity index (χ0v) is 12.8. The van der Waals surface area contributed by atoms with Crippen LogP contribution in [0.3, 0.4) is 0 Å². The van der Waals surface area contributed by atoms with Gasteiger partial charge in [0.25, 0.3) is 0 Å². The SMILES string of the molecule is O=c1cc(-c2ccccc2)oc2cc(O)c(O)c(OP(=O)(O)O)c12. The molecule has 0 spiro atoms. The highest BCUT2D eigenvalue weighted by molar-refractivity contribution is 7.46. The topological polar surface area (TPSA) is 137 Å². The monoisotopic (exact) mass is 350 g/mol. The number of benzene rings is 2. The average molecular weight is 350 g/mol. The van der Waals surface area contributed by atoms with Crippen LogP contribution < -0.4 is 9.95 Å². The van der Waals surface area contributed by atoms with Gasteiger partial charge in [-0.15, -0.1) is 0 Å². The summed E-state index contributed by atoms with van der Waals surface area (Å²) in [5.74, 6) is -2.38. The second-order valence-corrected chi connectivity index (χ2v) is 6.03. The van der Waals surface area contributed by atoms with Gasteiger partial charge in [0.05, 0.1) is 0 Å². The maximum absolute atomic E-state index is 12.4. The second kappa shape index (κ2) is 5.68. The van der Waals surface area contributed by atoms with Gasteiger partial charge in [0.15, 0.2) is 16.9 Å². The van der Waals surface area contributed by atoms with Crippen molar-refractivity contribution in [3.05, 3.63) is 52.7 Å². The molecule has 0 aliphatic heterocycles. The third-order valence-corrected chi connectivity index (χ3v) is 3.62. The van der Waals surface area contributed by atoms with E-state index < -0.39 is 35.9 Å². The molecule has 24 heavy (non-hydrogen) atoms. The van der Waals surface area contributed by atoms with Crippen molar-refractivity contribution < 1.29 is 33.5 Å². The van der Waals surface area contributed by atoms with Crippen LogP contribution in [0, 0.1) is 0 Å². The van der Waals surface area contributed by atoms with Crippen LogP contribution in [0.15, 0.2) is 51.7 Å². The summed E-state index contributed by atoms with van der Waals surface area (Å²) in [7, 11) is -5.08. The van der Waals surface area contributed by atoms with Crippen molar-refractivity contribution in [3.8, 4) is 28.6 Å². The number of hydrogen-bond donors (Lipinski definition) is 4. The van der Waals surface area contributed by atoms with E-state index >= 15 is 0 Å². The normalized spacial score (nSPS) is 11.6. The summed E-state index contributed by atoms with van der Waals surface area (Å²) in [6.07, 6.45) is 0. The van der Waals surface area contributed by atoms with E-state index in [4.69, 9.17) is 14.2 Å². The third kappa shape index (κ3) is 2.98. The first-order valence-corrected chi connectivity index (χ1v) is 8.12. The van der Waals surface area contributed by atoms with Gasteiger partial charge >= 0.3 is 7.82 Å². The highest BCUT2D eigenvalue weighted by atomic mass is 31.2. The number of rotatable bonds is 3. The van der Waals surface area contributed by atoms with E-state index in [9.17, 15) is 19.6 Å². The van der Waals surface area contributed by atoms with Crippen molar-refractivity contribution in [2.24, 2.45) is 0 Å². The van der Waals surface area contributed by atoms with Gasteiger partial charge in [-0.25, -0.2) is 4.57 Å². The Balaban J connectivity index is 2.32. The molecule has 3 aromatic rings. The molecule has 0 radical (unpaired) electrons. The van der Waals surface area contributed by atoms with Crippen molar-refractivity contribution in [1.29, 1.82) is 0 Å². The maximum atomic E-state index is 12.4. The fraction of sp³-hybridized carbons (Fsp3) is 0. The molecular formula is C15H11O8P. The van der Waals surface area contributed by atoms with Crippen LogP contribution >= 0.6 is 7.82 Å². The first-order valence-electron chi connectivity index (χ1n) is 6.59. The Labute approximate surface area is 134 Å². The van der Waals surface area contributed by atoms with Gasteiger partial charge in [-0.3, -0.25) is 14.6 Å². The van der Waals surface area contributed by atoms with Crippen molar-refractivity contribution in [1.82, 2.24) is 0 Å². The second-order valence-electron chi connectivity index (χ2n) is 4.87. The van der Waals surface area contributed by atoms with Crippen molar-refractivity contribution in [2.75, 3.05) is 0 Å². The molecule has 0 amide bonds. The van der Waals surface area contributed by atoms with Gasteiger partial charge in [-0.2, -0.15) is 0 Å². The summed E-state index contributed by atoms with van der Waals surface area (Å²) in [6, 6.07) is 10.7. The van der Waals surface area contributed by atoms with Crippen molar-refractivity contribution in [2.45, 2.75) is 0 Å². The van der Waals surface area contributed by atoms with Crippen LogP contribution in [0.25, 0.3) is 22.3 Å². The number of phenols is 2. The Morgan fingerprint density at radius 1 is 1.04 bits per heavy atom. The first-order chi connectivity index (χ1) is 11.3. The molecule has 0 saturated heterocycles. The minimum Gasteiger partial charge on any atom is -0.504 e. The molecule has 1 heterocycles. The molecule has 8 nitrogen and oxygen atoms in total. The number of phosphoric acid groups is 1. The zero-order valence-electron chi connectivity index (χ0n) is 11.9. The van der Waals surface area contributed by atoms with E-state index in [1.807, 2.05) is 0 Å². The molecule has 2 aromatic carbocycles. The number of phosphoric ester groups is 1. The average Bonchev–Trinajstić information content (AvgIpc) is 2.51. The molecule has 9 heteroatoms. The minimum atomic E-state index is -5.08. The lowest BCUT2D eigenvalue weighted by atomic mass is 10.1. The summed E-state index contributed by atoms with van der Waals surface area (Å²) < 4.78 is 20.9. The Morgan fingerprint density at radius 2 is 1.71 bits per heavy atom. The Bertz CT molecular complexity index is 1020. The van der Waals surface area contributed by atoms with Gasteiger partial charge in [0.2, 0.25) is 5.75 Å². The fourth-order valence-electron chi connectivity index (χ4n) is 2.22. The molecule has 124 valence electrons. The van der Waals surface area contributed by atoms with Crippen LogP contribution in [0.1, 0.15) is 0 Å². The highest BCUT2D eigenvalue weighted by Gasteiger charge is 2.26. The summed E-state index contributed by atoms with van der Waals surface area (Å²) in [6.45, 7) is 0. The minimum absolute atomic E-state index is 0.181. The van der Waals surface area contributed by atoms with Gasteiger partial charge in [-0.05, 0) is 0 Å². The van der Waals surface area contributed by atoms with Gasteiger partial charge in [-0.1, -0.05) is 30.3 Å². The van der Waals surface area contributed by atoms with Gasteiger partial charge < -0.3 is 19.2 Å². The highest BCUT2D eigenvalue weighted by Crippen LogP contribution is 2.48.